The first-order chi connectivity index (χ1) is 9.91. The van der Waals surface area contributed by atoms with E-state index in [2.05, 4.69) is 11.1 Å². The molecule has 21 heavy (non-hydrogen) atoms. The van der Waals surface area contributed by atoms with E-state index in [-0.39, 0.29) is 17.6 Å². The highest BCUT2D eigenvalue weighted by molar-refractivity contribution is 5.68. The average Bonchev–Trinajstić information content (AvgIpc) is 2.39. The molecule has 5 nitrogen and oxygen atoms in total. The first kappa shape index (κ1) is 14.3. The molecule has 1 unspecified atom stereocenters. The summed E-state index contributed by atoms with van der Waals surface area (Å²) in [6.07, 6.45) is 2.45. The Morgan fingerprint density at radius 1 is 1.48 bits per heavy atom. The zero-order chi connectivity index (χ0) is 15.1. The molecule has 1 aromatic heterocycles. The Hall–Kier alpha value is -1.62. The molecule has 3 rings (SSSR count). The van der Waals surface area contributed by atoms with Gasteiger partial charge in [-0.1, -0.05) is 6.07 Å². The van der Waals surface area contributed by atoms with Gasteiger partial charge in [-0.3, -0.25) is 4.98 Å². The number of aromatic nitrogens is 1. The molecule has 1 aromatic rings. The van der Waals surface area contributed by atoms with Gasteiger partial charge in [0.2, 0.25) is 0 Å². The van der Waals surface area contributed by atoms with Crippen LogP contribution in [0.5, 0.6) is 0 Å². The van der Waals surface area contributed by atoms with Crippen molar-refractivity contribution in [2.75, 3.05) is 19.7 Å². The second kappa shape index (κ2) is 4.98. The minimum atomic E-state index is -0.465. The highest BCUT2D eigenvalue weighted by Gasteiger charge is 2.54. The molecule has 2 fully saturated rings. The molecule has 1 amide bonds. The number of carbonyl (C=O) groups excluding carboxylic acids is 1. The second-order valence-electron chi connectivity index (χ2n) is 6.85. The molecule has 0 spiro atoms. The van der Waals surface area contributed by atoms with Gasteiger partial charge in [-0.15, -0.1) is 0 Å². The summed E-state index contributed by atoms with van der Waals surface area (Å²) >= 11 is 0. The van der Waals surface area contributed by atoms with E-state index >= 15 is 0 Å². The highest BCUT2D eigenvalue weighted by atomic mass is 16.6. The summed E-state index contributed by atoms with van der Waals surface area (Å²) in [4.78, 5) is 18.4. The van der Waals surface area contributed by atoms with Crippen molar-refractivity contribution in [2.45, 2.75) is 44.3 Å². The number of nitrogens with zero attached hydrogens (tertiary/aromatic N) is 2. The van der Waals surface area contributed by atoms with E-state index in [1.165, 1.54) is 0 Å². The summed E-state index contributed by atoms with van der Waals surface area (Å²) in [6.45, 7) is 7.60. The topological polar surface area (TPSA) is 51.7 Å². The van der Waals surface area contributed by atoms with Crippen molar-refractivity contribution in [3.05, 3.63) is 30.1 Å². The van der Waals surface area contributed by atoms with Gasteiger partial charge in [0, 0.05) is 12.7 Å². The predicted molar refractivity (Wildman–Crippen MR) is 78.1 cm³/mol. The fourth-order valence-corrected chi connectivity index (χ4v) is 3.01. The molecule has 0 N–H and O–H groups in total. The lowest BCUT2D eigenvalue weighted by Gasteiger charge is -2.54. The number of hydrogen-bond acceptors (Lipinski definition) is 4. The number of amides is 1. The van der Waals surface area contributed by atoms with Crippen molar-refractivity contribution in [1.29, 1.82) is 0 Å². The molecule has 2 saturated heterocycles. The van der Waals surface area contributed by atoms with Crippen LogP contribution >= 0.6 is 0 Å². The molecule has 0 bridgehead atoms. The lowest BCUT2D eigenvalue weighted by molar-refractivity contribution is -0.172. The molecule has 3 heterocycles. The molecule has 114 valence electrons. The fraction of sp³-hybridized carbons (Fsp3) is 0.625. The third-order valence-corrected chi connectivity index (χ3v) is 4.20. The Bertz CT molecular complexity index is 526. The van der Waals surface area contributed by atoms with E-state index < -0.39 is 5.60 Å². The van der Waals surface area contributed by atoms with Gasteiger partial charge in [-0.25, -0.2) is 4.79 Å². The van der Waals surface area contributed by atoms with Crippen LogP contribution in [0.3, 0.4) is 0 Å². The average molecular weight is 290 g/mol. The SMILES string of the molecule is CC(C)(C)OC(=O)N1CC[C@]2(c3ccccn3)COC2C1. The Balaban J connectivity index is 1.70. The number of piperidine rings is 1. The number of ether oxygens (including phenoxy) is 2. The van der Waals surface area contributed by atoms with Crippen molar-refractivity contribution >= 4 is 6.09 Å². The van der Waals surface area contributed by atoms with Gasteiger partial charge in [-0.05, 0) is 39.3 Å². The summed E-state index contributed by atoms with van der Waals surface area (Å²) in [7, 11) is 0. The van der Waals surface area contributed by atoms with Crippen LogP contribution in [0.15, 0.2) is 24.4 Å². The molecular formula is C16H22N2O3. The van der Waals surface area contributed by atoms with E-state index in [4.69, 9.17) is 9.47 Å². The largest absolute Gasteiger partial charge is 0.444 e. The van der Waals surface area contributed by atoms with Crippen molar-refractivity contribution in [3.63, 3.8) is 0 Å². The van der Waals surface area contributed by atoms with Crippen LogP contribution in [-0.4, -0.2) is 47.4 Å². The predicted octanol–water partition coefficient (Wildman–Crippen LogP) is 2.36. The van der Waals surface area contributed by atoms with Gasteiger partial charge in [0.15, 0.2) is 0 Å². The minimum absolute atomic E-state index is 0.0219. The lowest BCUT2D eigenvalue weighted by Crippen LogP contribution is -2.65. The molecule has 0 aliphatic carbocycles. The van der Waals surface area contributed by atoms with Crippen LogP contribution < -0.4 is 0 Å². The lowest BCUT2D eigenvalue weighted by atomic mass is 9.70. The second-order valence-corrected chi connectivity index (χ2v) is 6.85. The molecule has 2 aliphatic rings. The maximum Gasteiger partial charge on any atom is 0.410 e. The quantitative estimate of drug-likeness (QED) is 0.796. The zero-order valence-corrected chi connectivity index (χ0v) is 12.8. The molecule has 0 aromatic carbocycles. The summed E-state index contributed by atoms with van der Waals surface area (Å²) in [6, 6.07) is 5.98. The van der Waals surface area contributed by atoms with Gasteiger partial charge >= 0.3 is 6.09 Å². The van der Waals surface area contributed by atoms with Crippen LogP contribution in [0.4, 0.5) is 4.79 Å². The normalized spacial score (nSPS) is 28.5. The van der Waals surface area contributed by atoms with Gasteiger partial charge in [0.05, 0.1) is 30.4 Å². The molecule has 5 heteroatoms. The van der Waals surface area contributed by atoms with Crippen LogP contribution in [0, 0.1) is 0 Å². The highest BCUT2D eigenvalue weighted by Crippen LogP contribution is 2.43. The third kappa shape index (κ3) is 2.62. The smallest absolute Gasteiger partial charge is 0.410 e. The molecule has 2 aliphatic heterocycles. The van der Waals surface area contributed by atoms with E-state index in [0.29, 0.717) is 19.7 Å². The Morgan fingerprint density at radius 2 is 2.29 bits per heavy atom. The summed E-state index contributed by atoms with van der Waals surface area (Å²) in [5, 5.41) is 0. The van der Waals surface area contributed by atoms with Crippen LogP contribution in [0.2, 0.25) is 0 Å². The number of rotatable bonds is 1. The van der Waals surface area contributed by atoms with Gasteiger partial charge in [0.25, 0.3) is 0 Å². The monoisotopic (exact) mass is 290 g/mol. The van der Waals surface area contributed by atoms with Gasteiger partial charge in [0.1, 0.15) is 5.60 Å². The Kier molecular flexibility index (Phi) is 3.40. The van der Waals surface area contributed by atoms with Crippen LogP contribution in [0.25, 0.3) is 0 Å². The minimum Gasteiger partial charge on any atom is -0.444 e. The number of pyridine rings is 1. The summed E-state index contributed by atoms with van der Waals surface area (Å²) < 4.78 is 11.2. The number of carbonyl (C=O) groups is 1. The number of hydrogen-bond donors (Lipinski definition) is 0. The van der Waals surface area contributed by atoms with Crippen LogP contribution in [-0.2, 0) is 14.9 Å². The number of likely N-dealkylation sites (tertiary alicyclic amines) is 1. The summed E-state index contributed by atoms with van der Waals surface area (Å²) in [5.74, 6) is 0. The van der Waals surface area contributed by atoms with Gasteiger partial charge in [-0.2, -0.15) is 0 Å². The van der Waals surface area contributed by atoms with E-state index in [0.717, 1.165) is 12.1 Å². The number of fused-ring (bicyclic) bond motifs is 1. The van der Waals surface area contributed by atoms with Gasteiger partial charge < -0.3 is 14.4 Å². The summed E-state index contributed by atoms with van der Waals surface area (Å²) in [5.41, 5.74) is 0.581. The first-order valence-electron chi connectivity index (χ1n) is 7.42. The Labute approximate surface area is 125 Å². The maximum atomic E-state index is 12.2. The van der Waals surface area contributed by atoms with E-state index in [1.807, 2.05) is 39.1 Å². The molecular weight excluding hydrogens is 268 g/mol. The van der Waals surface area contributed by atoms with Crippen molar-refractivity contribution in [3.8, 4) is 0 Å². The fourth-order valence-electron chi connectivity index (χ4n) is 3.01. The first-order valence-corrected chi connectivity index (χ1v) is 7.42. The standard InChI is InChI=1S/C16H22N2O3/c1-15(2,3)21-14(19)18-9-7-16(11-20-13(16)10-18)12-6-4-5-8-17-12/h4-6,8,13H,7,9-11H2,1-3H3/t13?,16-/m1/s1. The maximum absolute atomic E-state index is 12.2. The van der Waals surface area contributed by atoms with Crippen LogP contribution in [0.1, 0.15) is 32.9 Å². The Morgan fingerprint density at radius 3 is 2.81 bits per heavy atom. The molecule has 2 atom stereocenters. The van der Waals surface area contributed by atoms with Crippen molar-refractivity contribution < 1.29 is 14.3 Å². The third-order valence-electron chi connectivity index (χ3n) is 4.20. The van der Waals surface area contributed by atoms with Crippen molar-refractivity contribution in [1.82, 2.24) is 9.88 Å². The van der Waals surface area contributed by atoms with E-state index in [9.17, 15) is 4.79 Å². The molecule has 0 saturated carbocycles. The zero-order valence-electron chi connectivity index (χ0n) is 12.8. The van der Waals surface area contributed by atoms with E-state index in [1.54, 1.807) is 4.90 Å². The van der Waals surface area contributed by atoms with Crippen molar-refractivity contribution in [2.24, 2.45) is 0 Å². The molecule has 0 radical (unpaired) electrons.